The Labute approximate surface area is 159 Å². The minimum Gasteiger partial charge on any atom is -0.496 e. The molecule has 1 N–H and O–H groups in total. The number of fused-ring (bicyclic) bond motifs is 1. The molecule has 0 fully saturated rings. The first kappa shape index (κ1) is 19.0. The van der Waals surface area contributed by atoms with Crippen molar-refractivity contribution in [3.05, 3.63) is 59.2 Å². The highest BCUT2D eigenvalue weighted by molar-refractivity contribution is 6.04. The van der Waals surface area contributed by atoms with Crippen LogP contribution in [-0.2, 0) is 0 Å². The maximum Gasteiger partial charge on any atom is 0.174 e. The molecule has 1 aliphatic heterocycles. The van der Waals surface area contributed by atoms with E-state index in [0.717, 1.165) is 5.56 Å². The fourth-order valence-electron chi connectivity index (χ4n) is 3.10. The number of aliphatic hydroxyl groups is 1. The number of hydrogen-bond acceptors (Lipinski definition) is 5. The van der Waals surface area contributed by atoms with Crippen molar-refractivity contribution in [1.29, 1.82) is 0 Å². The Hall–Kier alpha value is -2.79. The summed E-state index contributed by atoms with van der Waals surface area (Å²) in [7, 11) is 3.06. The van der Waals surface area contributed by atoms with Crippen molar-refractivity contribution in [2.24, 2.45) is 0 Å². The minimum absolute atomic E-state index is 0.0532. The lowest BCUT2D eigenvalue weighted by Crippen LogP contribution is -2.22. The summed E-state index contributed by atoms with van der Waals surface area (Å²) in [4.78, 5) is 12.9. The number of ketones is 1. The van der Waals surface area contributed by atoms with Crippen LogP contribution in [0, 0.1) is 0 Å². The van der Waals surface area contributed by atoms with E-state index in [-0.39, 0.29) is 12.2 Å². The monoisotopic (exact) mass is 368 g/mol. The molecule has 27 heavy (non-hydrogen) atoms. The van der Waals surface area contributed by atoms with Crippen LogP contribution in [0.4, 0.5) is 0 Å². The molecule has 1 heterocycles. The summed E-state index contributed by atoms with van der Waals surface area (Å²) in [6, 6.07) is 11.3. The quantitative estimate of drug-likeness (QED) is 0.857. The van der Waals surface area contributed by atoms with Crippen molar-refractivity contribution in [2.45, 2.75) is 32.0 Å². The first-order chi connectivity index (χ1) is 12.8. The Morgan fingerprint density at radius 3 is 2.41 bits per heavy atom. The molecule has 5 nitrogen and oxygen atoms in total. The van der Waals surface area contributed by atoms with Crippen LogP contribution < -0.4 is 14.2 Å². The van der Waals surface area contributed by atoms with Crippen LogP contribution in [0.15, 0.2) is 42.5 Å². The maximum absolute atomic E-state index is 12.9. The normalized spacial score (nSPS) is 16.8. The van der Waals surface area contributed by atoms with E-state index < -0.39 is 11.7 Å². The van der Waals surface area contributed by atoms with Crippen molar-refractivity contribution in [2.75, 3.05) is 14.2 Å². The molecule has 1 aliphatic rings. The van der Waals surface area contributed by atoms with Gasteiger partial charge in [-0.25, -0.2) is 0 Å². The number of carbonyl (C=O) groups excluding carboxylic acids is 1. The third kappa shape index (κ3) is 3.98. The second-order valence-electron chi connectivity index (χ2n) is 7.03. The SMILES string of the molecule is COc1cc(OC)c2c(c1/C=C\C(C)(C)O)O[C@H](c1ccccc1)CC2=O. The van der Waals surface area contributed by atoms with Gasteiger partial charge in [0.1, 0.15) is 28.9 Å². The van der Waals surface area contributed by atoms with Crippen LogP contribution in [0.5, 0.6) is 17.2 Å². The zero-order valence-electron chi connectivity index (χ0n) is 16.0. The first-order valence-electron chi connectivity index (χ1n) is 8.79. The summed E-state index contributed by atoms with van der Waals surface area (Å²) < 4.78 is 17.2. The second kappa shape index (κ2) is 7.45. The summed E-state index contributed by atoms with van der Waals surface area (Å²) in [5, 5.41) is 10.1. The lowest BCUT2D eigenvalue weighted by atomic mass is 9.92. The molecular formula is C22H24O5. The van der Waals surface area contributed by atoms with E-state index in [1.807, 2.05) is 30.3 Å². The molecule has 5 heteroatoms. The Balaban J connectivity index is 2.17. The third-order valence-corrected chi connectivity index (χ3v) is 4.42. The van der Waals surface area contributed by atoms with Crippen LogP contribution in [0.1, 0.15) is 47.9 Å². The van der Waals surface area contributed by atoms with Gasteiger partial charge < -0.3 is 19.3 Å². The molecule has 1 atom stereocenters. The Morgan fingerprint density at radius 2 is 1.81 bits per heavy atom. The number of ether oxygens (including phenoxy) is 3. The van der Waals surface area contributed by atoms with Gasteiger partial charge in [-0.05, 0) is 25.5 Å². The first-order valence-corrected chi connectivity index (χ1v) is 8.79. The highest BCUT2D eigenvalue weighted by atomic mass is 16.5. The van der Waals surface area contributed by atoms with Crippen molar-refractivity contribution in [3.8, 4) is 17.2 Å². The molecule has 3 rings (SSSR count). The minimum atomic E-state index is -1.02. The van der Waals surface area contributed by atoms with Crippen molar-refractivity contribution >= 4 is 11.9 Å². The Morgan fingerprint density at radius 1 is 1.15 bits per heavy atom. The average Bonchev–Trinajstić information content (AvgIpc) is 2.65. The van der Waals surface area contributed by atoms with Gasteiger partial charge >= 0.3 is 0 Å². The maximum atomic E-state index is 12.9. The predicted octanol–water partition coefficient (Wildman–Crippen LogP) is 4.19. The highest BCUT2D eigenvalue weighted by Gasteiger charge is 2.33. The van der Waals surface area contributed by atoms with Gasteiger partial charge in [-0.3, -0.25) is 4.79 Å². The summed E-state index contributed by atoms with van der Waals surface area (Å²) in [5.41, 5.74) is 0.913. The van der Waals surface area contributed by atoms with Crippen molar-refractivity contribution < 1.29 is 24.1 Å². The van der Waals surface area contributed by atoms with E-state index in [9.17, 15) is 9.90 Å². The Kier molecular flexibility index (Phi) is 5.24. The standard InChI is InChI=1S/C22H24O5/c1-22(2,24)11-10-15-18(25-3)13-19(26-4)20-16(23)12-17(27-21(15)20)14-8-6-5-7-9-14/h5-11,13,17,24H,12H2,1-4H3/b11-10-/t17-/m0/s1. The number of rotatable bonds is 5. The van der Waals surface area contributed by atoms with Gasteiger partial charge in [0.2, 0.25) is 0 Å². The molecule has 0 aromatic heterocycles. The molecule has 0 radical (unpaired) electrons. The molecule has 0 amide bonds. The average molecular weight is 368 g/mol. The zero-order chi connectivity index (χ0) is 19.6. The predicted molar refractivity (Wildman–Crippen MR) is 104 cm³/mol. The molecule has 2 aromatic rings. The van der Waals surface area contributed by atoms with E-state index in [1.54, 1.807) is 39.2 Å². The van der Waals surface area contributed by atoms with E-state index >= 15 is 0 Å². The Bertz CT molecular complexity index is 863. The largest absolute Gasteiger partial charge is 0.496 e. The van der Waals surface area contributed by atoms with Gasteiger partial charge in [-0.1, -0.05) is 36.4 Å². The summed E-state index contributed by atoms with van der Waals surface area (Å²) in [5.74, 6) is 1.28. The molecular weight excluding hydrogens is 344 g/mol. The molecule has 0 aliphatic carbocycles. The molecule has 0 saturated carbocycles. The number of benzene rings is 2. The van der Waals surface area contributed by atoms with Crippen LogP contribution in [0.25, 0.3) is 6.08 Å². The summed E-state index contributed by atoms with van der Waals surface area (Å²) in [6.45, 7) is 3.34. The van der Waals surface area contributed by atoms with E-state index in [4.69, 9.17) is 14.2 Å². The molecule has 2 aromatic carbocycles. The fourth-order valence-corrected chi connectivity index (χ4v) is 3.10. The van der Waals surface area contributed by atoms with Gasteiger partial charge in [0.25, 0.3) is 0 Å². The molecule has 0 saturated heterocycles. The topological polar surface area (TPSA) is 65.0 Å². The van der Waals surface area contributed by atoms with E-state index in [2.05, 4.69) is 0 Å². The van der Waals surface area contributed by atoms with Gasteiger partial charge in [-0.15, -0.1) is 0 Å². The van der Waals surface area contributed by atoms with E-state index in [0.29, 0.717) is 28.4 Å². The van der Waals surface area contributed by atoms with Gasteiger partial charge in [0, 0.05) is 6.07 Å². The third-order valence-electron chi connectivity index (χ3n) is 4.42. The molecule has 142 valence electrons. The van der Waals surface area contributed by atoms with Crippen molar-refractivity contribution in [1.82, 2.24) is 0 Å². The highest BCUT2D eigenvalue weighted by Crippen LogP contribution is 2.46. The van der Waals surface area contributed by atoms with Crippen LogP contribution in [-0.4, -0.2) is 30.7 Å². The van der Waals surface area contributed by atoms with E-state index in [1.165, 1.54) is 7.11 Å². The second-order valence-corrected chi connectivity index (χ2v) is 7.03. The van der Waals surface area contributed by atoms with Gasteiger partial charge in [-0.2, -0.15) is 0 Å². The zero-order valence-corrected chi connectivity index (χ0v) is 16.0. The summed E-state index contributed by atoms with van der Waals surface area (Å²) in [6.07, 6.45) is 3.20. The lowest BCUT2D eigenvalue weighted by molar-refractivity contribution is 0.0843. The molecule has 0 bridgehead atoms. The molecule has 0 unspecified atom stereocenters. The van der Waals surface area contributed by atoms with Crippen LogP contribution in [0.3, 0.4) is 0 Å². The number of Topliss-reactive ketones (excluding diaryl/α,β-unsaturated/α-hetero) is 1. The number of methoxy groups -OCH3 is 2. The lowest BCUT2D eigenvalue weighted by Gasteiger charge is -2.29. The van der Waals surface area contributed by atoms with Crippen molar-refractivity contribution in [3.63, 3.8) is 0 Å². The van der Waals surface area contributed by atoms with Crippen LogP contribution >= 0.6 is 0 Å². The number of carbonyl (C=O) groups is 1. The van der Waals surface area contributed by atoms with Crippen LogP contribution in [0.2, 0.25) is 0 Å². The molecule has 0 spiro atoms. The summed E-state index contributed by atoms with van der Waals surface area (Å²) >= 11 is 0. The van der Waals surface area contributed by atoms with Gasteiger partial charge in [0.15, 0.2) is 5.78 Å². The smallest absolute Gasteiger partial charge is 0.174 e. The fraction of sp³-hybridized carbons (Fsp3) is 0.318. The number of hydrogen-bond donors (Lipinski definition) is 1. The van der Waals surface area contributed by atoms with Gasteiger partial charge in [0.05, 0.1) is 31.8 Å².